The van der Waals surface area contributed by atoms with Gasteiger partial charge in [-0.05, 0) is 141 Å². The van der Waals surface area contributed by atoms with Gasteiger partial charge in [-0.3, -0.25) is 4.98 Å². The van der Waals surface area contributed by atoms with E-state index in [0.717, 1.165) is 50.3 Å². The molecule has 0 amide bonds. The lowest BCUT2D eigenvalue weighted by atomic mass is 9.92. The lowest BCUT2D eigenvalue weighted by molar-refractivity contribution is 0.668. The number of benzene rings is 12. The average molecular weight is 865 g/mol. The number of furan rings is 1. The van der Waals surface area contributed by atoms with Crippen LogP contribution in [-0.4, -0.2) is 4.98 Å². The molecule has 0 aliphatic carbocycles. The second-order valence-electron chi connectivity index (χ2n) is 17.8. The van der Waals surface area contributed by atoms with Crippen molar-refractivity contribution in [2.24, 2.45) is 0 Å². The van der Waals surface area contributed by atoms with E-state index in [1.165, 1.54) is 86.9 Å². The molecule has 14 rings (SSSR count). The van der Waals surface area contributed by atoms with E-state index in [1.807, 2.05) is 24.4 Å². The normalized spacial score (nSPS) is 11.8. The molecule has 3 nitrogen and oxygen atoms in total. The van der Waals surface area contributed by atoms with Gasteiger partial charge < -0.3 is 9.32 Å². The molecule has 68 heavy (non-hydrogen) atoms. The molecule has 2 heterocycles. The second-order valence-corrected chi connectivity index (χ2v) is 17.8. The molecular weight excluding hydrogens is 825 g/mol. The molecule has 12 aromatic carbocycles. The smallest absolute Gasteiger partial charge is 0.139 e. The maximum atomic E-state index is 6.24. The summed E-state index contributed by atoms with van der Waals surface area (Å²) >= 11 is 0. The number of hydrogen-bond donors (Lipinski definition) is 0. The van der Waals surface area contributed by atoms with Crippen LogP contribution in [0, 0.1) is 0 Å². The Bertz CT molecular complexity index is 4030. The van der Waals surface area contributed by atoms with E-state index in [-0.39, 0.29) is 0 Å². The number of anilines is 3. The number of hydrogen-bond acceptors (Lipinski definition) is 3. The minimum Gasteiger partial charge on any atom is -0.456 e. The predicted octanol–water partition coefficient (Wildman–Crippen LogP) is 18.4. The summed E-state index contributed by atoms with van der Waals surface area (Å²) in [5.41, 5.74) is 11.5. The fourth-order valence-corrected chi connectivity index (χ4v) is 10.8. The van der Waals surface area contributed by atoms with Gasteiger partial charge in [-0.25, -0.2) is 0 Å². The Kier molecular flexibility index (Phi) is 8.59. The molecule has 0 bridgehead atoms. The Labute approximate surface area is 392 Å². The number of aromatic nitrogens is 1. The minimum atomic E-state index is 0.836. The van der Waals surface area contributed by atoms with E-state index in [2.05, 4.69) is 223 Å². The third-order valence-electron chi connectivity index (χ3n) is 14.1. The van der Waals surface area contributed by atoms with Crippen LogP contribution >= 0.6 is 0 Å². The highest BCUT2D eigenvalue weighted by atomic mass is 16.3. The molecule has 2 aromatic heterocycles. The Morgan fingerprint density at radius 3 is 1.01 bits per heavy atom. The Balaban J connectivity index is 0.856. The molecule has 0 fully saturated rings. The average Bonchev–Trinajstić information content (AvgIpc) is 3.79. The van der Waals surface area contributed by atoms with Gasteiger partial charge in [0.1, 0.15) is 11.2 Å². The monoisotopic (exact) mass is 864 g/mol. The third-order valence-corrected chi connectivity index (χ3v) is 14.1. The largest absolute Gasteiger partial charge is 0.456 e. The van der Waals surface area contributed by atoms with Gasteiger partial charge in [0.2, 0.25) is 0 Å². The highest BCUT2D eigenvalue weighted by Crippen LogP contribution is 2.42. The lowest BCUT2D eigenvalue weighted by Crippen LogP contribution is -2.09. The fraction of sp³-hybridized carbons (Fsp3) is 0. The van der Waals surface area contributed by atoms with Crippen LogP contribution in [0.3, 0.4) is 0 Å². The molecule has 0 N–H and O–H groups in total. The molecule has 0 saturated heterocycles. The molecule has 0 aliphatic heterocycles. The zero-order valence-corrected chi connectivity index (χ0v) is 36.9. The van der Waals surface area contributed by atoms with Gasteiger partial charge in [0.05, 0.1) is 5.69 Å². The standard InChI is InChI=1S/C65H40N2O/c1-3-15-53-49(11-1)51-13-5-7-17-55(51)60-37-44(27-35-57(53)60)41-21-29-46(30-22-41)67(48-33-25-43(26-34-48)63-39-65-62(40-66-63)59-19-9-10-20-64(59)68-65)47-31-23-42(24-32-47)45-28-36-58-54-16-4-2-12-50(54)52-14-6-8-18-56(52)61(58)38-45/h1-40H. The molecule has 316 valence electrons. The predicted molar refractivity (Wildman–Crippen MR) is 288 cm³/mol. The highest BCUT2D eigenvalue weighted by Gasteiger charge is 2.17. The summed E-state index contributed by atoms with van der Waals surface area (Å²) in [7, 11) is 0. The van der Waals surface area contributed by atoms with Gasteiger partial charge in [0.15, 0.2) is 0 Å². The van der Waals surface area contributed by atoms with Gasteiger partial charge in [0.25, 0.3) is 0 Å². The Hall–Kier alpha value is -9.05. The highest BCUT2D eigenvalue weighted by molar-refractivity contribution is 6.27. The number of rotatable bonds is 6. The second kappa shape index (κ2) is 15.3. The molecule has 0 spiro atoms. The van der Waals surface area contributed by atoms with Crippen LogP contribution in [0.15, 0.2) is 247 Å². The third kappa shape index (κ3) is 6.10. The van der Waals surface area contributed by atoms with Crippen molar-refractivity contribution >= 4 is 104 Å². The van der Waals surface area contributed by atoms with E-state index in [4.69, 9.17) is 9.40 Å². The SMILES string of the molecule is c1ccc2c(c1)oc1cc(-c3ccc(N(c4ccc(-c5ccc6c7ccccc7c7ccccc7c6c5)cc4)c4ccc(-c5ccc6c7ccccc7c7ccccc7c6c5)cc4)cc3)ncc12. The fourth-order valence-electron chi connectivity index (χ4n) is 10.8. The van der Waals surface area contributed by atoms with Crippen molar-refractivity contribution in [1.29, 1.82) is 0 Å². The number of nitrogens with zero attached hydrogens (tertiary/aromatic N) is 2. The van der Waals surface area contributed by atoms with Gasteiger partial charge >= 0.3 is 0 Å². The Morgan fingerprint density at radius 1 is 0.250 bits per heavy atom. The van der Waals surface area contributed by atoms with E-state index < -0.39 is 0 Å². The van der Waals surface area contributed by atoms with E-state index in [9.17, 15) is 0 Å². The van der Waals surface area contributed by atoms with Gasteiger partial charge in [-0.15, -0.1) is 0 Å². The van der Waals surface area contributed by atoms with Crippen molar-refractivity contribution in [3.8, 4) is 33.5 Å². The topological polar surface area (TPSA) is 29.3 Å². The first-order chi connectivity index (χ1) is 33.7. The van der Waals surface area contributed by atoms with Crippen molar-refractivity contribution in [1.82, 2.24) is 4.98 Å². The van der Waals surface area contributed by atoms with Crippen LogP contribution in [0.1, 0.15) is 0 Å². The van der Waals surface area contributed by atoms with Crippen molar-refractivity contribution < 1.29 is 4.42 Å². The molecule has 14 aromatic rings. The van der Waals surface area contributed by atoms with E-state index in [1.54, 1.807) is 0 Å². The molecule has 0 unspecified atom stereocenters. The first kappa shape index (κ1) is 38.2. The molecule has 0 saturated carbocycles. The summed E-state index contributed by atoms with van der Waals surface area (Å²) in [6.45, 7) is 0. The Morgan fingerprint density at radius 2 is 0.588 bits per heavy atom. The summed E-state index contributed by atoms with van der Waals surface area (Å²) in [6, 6.07) is 85.8. The summed E-state index contributed by atoms with van der Waals surface area (Å²) in [6.07, 6.45) is 1.93. The van der Waals surface area contributed by atoms with Gasteiger partial charge in [-0.2, -0.15) is 0 Å². The summed E-state index contributed by atoms with van der Waals surface area (Å²) < 4.78 is 6.24. The number of para-hydroxylation sites is 1. The molecule has 0 radical (unpaired) electrons. The maximum Gasteiger partial charge on any atom is 0.139 e. The lowest BCUT2D eigenvalue weighted by Gasteiger charge is -2.26. The van der Waals surface area contributed by atoms with Crippen LogP contribution in [0.2, 0.25) is 0 Å². The van der Waals surface area contributed by atoms with E-state index >= 15 is 0 Å². The van der Waals surface area contributed by atoms with Crippen LogP contribution in [-0.2, 0) is 0 Å². The van der Waals surface area contributed by atoms with E-state index in [0.29, 0.717) is 0 Å². The summed E-state index contributed by atoms with van der Waals surface area (Å²) in [5.74, 6) is 0. The van der Waals surface area contributed by atoms with Crippen molar-refractivity contribution in [3.05, 3.63) is 243 Å². The summed E-state index contributed by atoms with van der Waals surface area (Å²) in [5, 5.41) is 17.4. The van der Waals surface area contributed by atoms with Crippen molar-refractivity contribution in [2.75, 3.05) is 4.90 Å². The zero-order valence-electron chi connectivity index (χ0n) is 36.9. The molecule has 0 aliphatic rings. The molecule has 3 heteroatoms. The summed E-state index contributed by atoms with van der Waals surface area (Å²) in [4.78, 5) is 7.24. The van der Waals surface area contributed by atoms with Crippen LogP contribution in [0.4, 0.5) is 17.1 Å². The van der Waals surface area contributed by atoms with Gasteiger partial charge in [0, 0.05) is 45.7 Å². The molecular formula is C65H40N2O. The minimum absolute atomic E-state index is 0.836. The van der Waals surface area contributed by atoms with Crippen LogP contribution < -0.4 is 4.90 Å². The zero-order chi connectivity index (χ0) is 44.7. The number of pyridine rings is 1. The maximum absolute atomic E-state index is 6.24. The van der Waals surface area contributed by atoms with Gasteiger partial charge in [-0.1, -0.05) is 176 Å². The van der Waals surface area contributed by atoms with Crippen molar-refractivity contribution in [3.63, 3.8) is 0 Å². The first-order valence-electron chi connectivity index (χ1n) is 23.3. The first-order valence-corrected chi connectivity index (χ1v) is 23.3. The van der Waals surface area contributed by atoms with Crippen LogP contribution in [0.25, 0.3) is 120 Å². The quantitative estimate of drug-likeness (QED) is 0.156. The van der Waals surface area contributed by atoms with Crippen LogP contribution in [0.5, 0.6) is 0 Å². The molecule has 0 atom stereocenters. The number of fused-ring (bicyclic) bond motifs is 15. The van der Waals surface area contributed by atoms with Crippen molar-refractivity contribution in [2.45, 2.75) is 0 Å².